The van der Waals surface area contributed by atoms with Crippen molar-refractivity contribution < 1.29 is 24.5 Å². The number of carbonyl (C=O) groups is 2. The van der Waals surface area contributed by atoms with Crippen molar-refractivity contribution in [3.63, 3.8) is 0 Å². The summed E-state index contributed by atoms with van der Waals surface area (Å²) in [6, 6.07) is 5.93. The molecule has 1 rings (SSSR count). The average molecular weight is 294 g/mol. The molecule has 2 N–H and O–H groups in total. The van der Waals surface area contributed by atoms with Crippen molar-refractivity contribution in [3.8, 4) is 0 Å². The molecule has 1 atom stereocenters. The fourth-order valence-electron chi connectivity index (χ4n) is 2.31. The molecule has 1 aromatic rings. The number of aliphatic hydroxyl groups is 1. The molecule has 0 aliphatic heterocycles. The molecule has 0 fully saturated rings. The number of ether oxygens (including phenoxy) is 1. The Hall–Kier alpha value is -1.88. The molecule has 5 heteroatoms. The van der Waals surface area contributed by atoms with E-state index in [9.17, 15) is 14.7 Å². The normalized spacial score (nSPS) is 13.0. The molecule has 1 unspecified atom stereocenters. The number of rotatable bonds is 6. The second kappa shape index (κ2) is 6.72. The second-order valence-corrected chi connectivity index (χ2v) is 6.07. The number of carboxylic acid groups (broad SMARTS) is 1. The molecule has 5 nitrogen and oxygen atoms in total. The first-order valence-corrected chi connectivity index (χ1v) is 6.85. The number of esters is 1. The molecule has 0 saturated carbocycles. The minimum Gasteiger partial charge on any atom is -0.478 e. The van der Waals surface area contributed by atoms with Gasteiger partial charge in [0.25, 0.3) is 0 Å². The van der Waals surface area contributed by atoms with Gasteiger partial charge in [0.2, 0.25) is 0 Å². The summed E-state index contributed by atoms with van der Waals surface area (Å²) in [5.41, 5.74) is -0.682. The van der Waals surface area contributed by atoms with E-state index in [2.05, 4.69) is 0 Å². The van der Waals surface area contributed by atoms with E-state index in [1.54, 1.807) is 26.0 Å². The van der Waals surface area contributed by atoms with Gasteiger partial charge in [-0.05, 0) is 18.1 Å². The molecular formula is C16H22O5. The van der Waals surface area contributed by atoms with Crippen molar-refractivity contribution in [2.75, 3.05) is 6.61 Å². The van der Waals surface area contributed by atoms with Gasteiger partial charge in [0.05, 0.1) is 17.7 Å². The minimum absolute atomic E-state index is 0.00640. The van der Waals surface area contributed by atoms with Crippen LogP contribution in [0.25, 0.3) is 0 Å². The molecule has 0 aromatic heterocycles. The monoisotopic (exact) mass is 294 g/mol. The Kier molecular flexibility index (Phi) is 5.49. The Morgan fingerprint density at radius 1 is 1.19 bits per heavy atom. The summed E-state index contributed by atoms with van der Waals surface area (Å²) >= 11 is 0. The molecule has 0 heterocycles. The van der Waals surface area contributed by atoms with Gasteiger partial charge in [-0.3, -0.25) is 0 Å². The molecule has 0 aliphatic rings. The number of carbonyl (C=O) groups excluding carboxylic acids is 1. The molecule has 0 radical (unpaired) electrons. The van der Waals surface area contributed by atoms with Gasteiger partial charge in [-0.1, -0.05) is 39.8 Å². The van der Waals surface area contributed by atoms with Crippen molar-refractivity contribution in [2.45, 2.75) is 33.8 Å². The Bertz CT molecular complexity index is 519. The summed E-state index contributed by atoms with van der Waals surface area (Å²) in [5, 5.41) is 18.6. The van der Waals surface area contributed by atoms with Crippen LogP contribution in [-0.4, -0.2) is 34.9 Å². The standard InChI is InChI=1S/C16H22O5/c1-10(2)13(16(3,4)9-17)21-15(20)12-8-6-5-7-11(12)14(18)19/h5-8,10,13,17H,9H2,1-4H3,(H,18,19). The van der Waals surface area contributed by atoms with Crippen LogP contribution in [-0.2, 0) is 4.74 Å². The lowest BCUT2D eigenvalue weighted by Crippen LogP contribution is -2.40. The van der Waals surface area contributed by atoms with Crippen molar-refractivity contribution in [1.29, 1.82) is 0 Å². The number of aliphatic hydroxyl groups excluding tert-OH is 1. The van der Waals surface area contributed by atoms with Crippen molar-refractivity contribution >= 4 is 11.9 Å². The van der Waals surface area contributed by atoms with Gasteiger partial charge < -0.3 is 14.9 Å². The van der Waals surface area contributed by atoms with E-state index in [0.29, 0.717) is 0 Å². The van der Waals surface area contributed by atoms with Crippen LogP contribution in [0.4, 0.5) is 0 Å². The largest absolute Gasteiger partial charge is 0.478 e. The first-order chi connectivity index (χ1) is 9.70. The number of hydrogen-bond donors (Lipinski definition) is 2. The summed E-state index contributed by atoms with van der Waals surface area (Å²) in [6.07, 6.45) is -0.517. The van der Waals surface area contributed by atoms with E-state index in [1.165, 1.54) is 12.1 Å². The maximum absolute atomic E-state index is 12.3. The fourth-order valence-corrected chi connectivity index (χ4v) is 2.31. The maximum atomic E-state index is 12.3. The molecular weight excluding hydrogens is 272 g/mol. The highest BCUT2D eigenvalue weighted by atomic mass is 16.5. The maximum Gasteiger partial charge on any atom is 0.339 e. The smallest absolute Gasteiger partial charge is 0.339 e. The third kappa shape index (κ3) is 4.04. The zero-order valence-corrected chi connectivity index (χ0v) is 12.8. The molecule has 0 amide bonds. The van der Waals surface area contributed by atoms with Gasteiger partial charge in [0.15, 0.2) is 0 Å². The van der Waals surface area contributed by atoms with Crippen molar-refractivity contribution in [3.05, 3.63) is 35.4 Å². The molecule has 1 aromatic carbocycles. The van der Waals surface area contributed by atoms with E-state index in [-0.39, 0.29) is 23.7 Å². The van der Waals surface area contributed by atoms with Gasteiger partial charge in [0, 0.05) is 5.41 Å². The van der Waals surface area contributed by atoms with E-state index < -0.39 is 23.5 Å². The quantitative estimate of drug-likeness (QED) is 0.788. The Morgan fingerprint density at radius 2 is 1.71 bits per heavy atom. The SMILES string of the molecule is CC(C)C(OC(=O)c1ccccc1C(=O)O)C(C)(C)CO. The highest BCUT2D eigenvalue weighted by Gasteiger charge is 2.35. The van der Waals surface area contributed by atoms with E-state index >= 15 is 0 Å². The molecule has 116 valence electrons. The number of aromatic carboxylic acids is 1. The van der Waals surface area contributed by atoms with Crippen LogP contribution < -0.4 is 0 Å². The van der Waals surface area contributed by atoms with Crippen molar-refractivity contribution in [2.24, 2.45) is 11.3 Å². The first kappa shape index (κ1) is 17.2. The summed E-state index contributed by atoms with van der Waals surface area (Å²) in [6.45, 7) is 7.24. The lowest BCUT2D eigenvalue weighted by atomic mass is 9.81. The Labute approximate surface area is 124 Å². The van der Waals surface area contributed by atoms with E-state index in [1.807, 2.05) is 13.8 Å². The second-order valence-electron chi connectivity index (χ2n) is 6.07. The van der Waals surface area contributed by atoms with Gasteiger partial charge >= 0.3 is 11.9 Å². The van der Waals surface area contributed by atoms with Crippen molar-refractivity contribution in [1.82, 2.24) is 0 Å². The lowest BCUT2D eigenvalue weighted by Gasteiger charge is -2.35. The van der Waals surface area contributed by atoms with E-state index in [4.69, 9.17) is 9.84 Å². The third-order valence-corrected chi connectivity index (χ3v) is 3.39. The van der Waals surface area contributed by atoms with Gasteiger partial charge in [-0.2, -0.15) is 0 Å². The zero-order valence-electron chi connectivity index (χ0n) is 12.8. The summed E-state index contributed by atoms with van der Waals surface area (Å²) in [5.74, 6) is -1.87. The highest BCUT2D eigenvalue weighted by molar-refractivity contribution is 6.02. The predicted octanol–water partition coefficient (Wildman–Crippen LogP) is 2.58. The van der Waals surface area contributed by atoms with Crippen LogP contribution in [0.15, 0.2) is 24.3 Å². The number of carboxylic acids is 1. The van der Waals surface area contributed by atoms with Crippen LogP contribution in [0.1, 0.15) is 48.4 Å². The lowest BCUT2D eigenvalue weighted by molar-refractivity contribution is -0.0467. The zero-order chi connectivity index (χ0) is 16.2. The Balaban J connectivity index is 3.07. The first-order valence-electron chi connectivity index (χ1n) is 6.85. The van der Waals surface area contributed by atoms with Crippen LogP contribution in [0, 0.1) is 11.3 Å². The average Bonchev–Trinajstić information content (AvgIpc) is 2.43. The van der Waals surface area contributed by atoms with Crippen LogP contribution in [0.5, 0.6) is 0 Å². The topological polar surface area (TPSA) is 83.8 Å². The molecule has 0 spiro atoms. The molecule has 0 saturated heterocycles. The molecule has 0 bridgehead atoms. The van der Waals surface area contributed by atoms with Gasteiger partial charge in [-0.25, -0.2) is 9.59 Å². The molecule has 21 heavy (non-hydrogen) atoms. The van der Waals surface area contributed by atoms with E-state index in [0.717, 1.165) is 0 Å². The summed E-state index contributed by atoms with van der Waals surface area (Å²) in [7, 11) is 0. The fraction of sp³-hybridized carbons (Fsp3) is 0.500. The number of benzene rings is 1. The third-order valence-electron chi connectivity index (χ3n) is 3.39. The van der Waals surface area contributed by atoms with Crippen LogP contribution >= 0.6 is 0 Å². The summed E-state index contributed by atoms with van der Waals surface area (Å²) < 4.78 is 5.48. The summed E-state index contributed by atoms with van der Waals surface area (Å²) in [4.78, 5) is 23.4. The Morgan fingerprint density at radius 3 is 2.14 bits per heavy atom. The highest BCUT2D eigenvalue weighted by Crippen LogP contribution is 2.29. The molecule has 0 aliphatic carbocycles. The van der Waals surface area contributed by atoms with Gasteiger partial charge in [0.1, 0.15) is 6.10 Å². The van der Waals surface area contributed by atoms with Gasteiger partial charge in [-0.15, -0.1) is 0 Å². The minimum atomic E-state index is -1.18. The number of hydrogen-bond acceptors (Lipinski definition) is 4. The van der Waals surface area contributed by atoms with Crippen LogP contribution in [0.2, 0.25) is 0 Å². The van der Waals surface area contributed by atoms with Crippen LogP contribution in [0.3, 0.4) is 0 Å². The predicted molar refractivity (Wildman–Crippen MR) is 78.3 cm³/mol.